The molecule has 6 heteroatoms. The third-order valence-corrected chi connectivity index (χ3v) is 5.09. The van der Waals surface area contributed by atoms with E-state index in [-0.39, 0.29) is 11.2 Å². The Labute approximate surface area is 157 Å². The molecule has 0 radical (unpaired) electrons. The number of hydrogen-bond donors (Lipinski definition) is 1. The number of ether oxygens (including phenoxy) is 2. The van der Waals surface area contributed by atoms with E-state index in [0.717, 1.165) is 22.8 Å². The summed E-state index contributed by atoms with van der Waals surface area (Å²) in [7, 11) is 1.61. The second-order valence-corrected chi connectivity index (χ2v) is 7.00. The van der Waals surface area contributed by atoms with E-state index in [1.54, 1.807) is 7.11 Å². The Kier molecular flexibility index (Phi) is 7.95. The van der Waals surface area contributed by atoms with Crippen LogP contribution in [-0.2, 0) is 4.79 Å². The van der Waals surface area contributed by atoms with Crippen LogP contribution in [0, 0.1) is 0 Å². The first-order valence-electron chi connectivity index (χ1n) is 8.09. The number of carbonyl (C=O) groups excluding carboxylic acids is 1. The molecule has 2 aromatic carbocycles. The molecule has 4 nitrogen and oxygen atoms in total. The molecule has 0 unspecified atom stereocenters. The zero-order valence-electron chi connectivity index (χ0n) is 14.3. The molecule has 0 bridgehead atoms. The van der Waals surface area contributed by atoms with Crippen LogP contribution >= 0.6 is 23.4 Å². The number of benzene rings is 2. The number of halogens is 1. The summed E-state index contributed by atoms with van der Waals surface area (Å²) in [6, 6.07) is 14.9. The van der Waals surface area contributed by atoms with Gasteiger partial charge in [-0.25, -0.2) is 0 Å². The minimum atomic E-state index is -0.141. The van der Waals surface area contributed by atoms with Crippen molar-refractivity contribution in [1.82, 2.24) is 5.32 Å². The normalized spacial score (nSPS) is 11.6. The lowest BCUT2D eigenvalue weighted by Crippen LogP contribution is -2.35. The van der Waals surface area contributed by atoms with Crippen molar-refractivity contribution < 1.29 is 14.3 Å². The Morgan fingerprint density at radius 1 is 1.20 bits per heavy atom. The Morgan fingerprint density at radius 3 is 2.60 bits per heavy atom. The highest BCUT2D eigenvalue weighted by atomic mass is 35.5. The van der Waals surface area contributed by atoms with Gasteiger partial charge in [-0.15, -0.1) is 11.8 Å². The van der Waals surface area contributed by atoms with E-state index in [2.05, 4.69) is 5.32 Å². The van der Waals surface area contributed by atoms with Gasteiger partial charge in [0.15, 0.2) is 0 Å². The molecule has 2 rings (SSSR count). The van der Waals surface area contributed by atoms with E-state index >= 15 is 0 Å². The summed E-state index contributed by atoms with van der Waals surface area (Å²) in [5.74, 6) is 1.47. The van der Waals surface area contributed by atoms with Gasteiger partial charge in [-0.3, -0.25) is 4.79 Å². The third kappa shape index (κ3) is 6.52. The highest BCUT2D eigenvalue weighted by Crippen LogP contribution is 2.26. The van der Waals surface area contributed by atoms with Gasteiger partial charge in [0.05, 0.1) is 18.9 Å². The molecule has 1 amide bonds. The zero-order valence-corrected chi connectivity index (χ0v) is 15.9. The average Bonchev–Trinajstić information content (AvgIpc) is 2.64. The molecule has 0 aliphatic rings. The summed E-state index contributed by atoms with van der Waals surface area (Å²) in [5, 5.41) is 3.47. The quantitative estimate of drug-likeness (QED) is 0.517. The van der Waals surface area contributed by atoms with E-state index in [4.69, 9.17) is 21.1 Å². The number of rotatable bonds is 9. The van der Waals surface area contributed by atoms with Crippen molar-refractivity contribution in [2.45, 2.75) is 23.5 Å². The molecule has 134 valence electrons. The van der Waals surface area contributed by atoms with Crippen LogP contribution < -0.4 is 14.8 Å². The molecule has 1 atom stereocenters. The number of carbonyl (C=O) groups is 1. The van der Waals surface area contributed by atoms with Gasteiger partial charge >= 0.3 is 0 Å². The van der Waals surface area contributed by atoms with Crippen LogP contribution in [-0.4, -0.2) is 31.4 Å². The zero-order chi connectivity index (χ0) is 18.1. The Morgan fingerprint density at radius 2 is 1.92 bits per heavy atom. The first-order chi connectivity index (χ1) is 12.1. The molecule has 0 fully saturated rings. The summed E-state index contributed by atoms with van der Waals surface area (Å²) in [6.07, 6.45) is 0.746. The Hall–Kier alpha value is -1.85. The van der Waals surface area contributed by atoms with Crippen LogP contribution in [0.3, 0.4) is 0 Å². The lowest BCUT2D eigenvalue weighted by Gasteiger charge is -2.15. The summed E-state index contributed by atoms with van der Waals surface area (Å²) < 4.78 is 10.8. The molecular formula is C19H22ClNO3S. The Bertz CT molecular complexity index is 679. The number of nitrogens with one attached hydrogen (secondary N) is 1. The third-order valence-electron chi connectivity index (χ3n) is 3.47. The first-order valence-corrected chi connectivity index (χ1v) is 9.35. The molecule has 0 saturated carbocycles. The fourth-order valence-electron chi connectivity index (χ4n) is 2.15. The summed E-state index contributed by atoms with van der Waals surface area (Å²) >= 11 is 7.43. The van der Waals surface area contributed by atoms with Crippen molar-refractivity contribution in [2.24, 2.45) is 0 Å². The van der Waals surface area contributed by atoms with E-state index < -0.39 is 0 Å². The predicted octanol–water partition coefficient (Wildman–Crippen LogP) is 4.41. The minimum absolute atomic E-state index is 0.0108. The summed E-state index contributed by atoms with van der Waals surface area (Å²) in [4.78, 5) is 13.4. The molecule has 2 aromatic rings. The van der Waals surface area contributed by atoms with Crippen molar-refractivity contribution >= 4 is 29.3 Å². The monoisotopic (exact) mass is 379 g/mol. The molecule has 1 N–H and O–H groups in total. The number of thioether (sulfide) groups is 1. The van der Waals surface area contributed by atoms with Crippen LogP contribution in [0.4, 0.5) is 0 Å². The SMILES string of the molecule is CC[C@@H](Sc1ccc(Cl)cc1)C(=O)NCCOc1cccc(OC)c1. The van der Waals surface area contributed by atoms with Crippen molar-refractivity contribution in [1.29, 1.82) is 0 Å². The molecular weight excluding hydrogens is 358 g/mol. The van der Waals surface area contributed by atoms with Gasteiger partial charge in [-0.2, -0.15) is 0 Å². The topological polar surface area (TPSA) is 47.6 Å². The maximum absolute atomic E-state index is 12.3. The standard InChI is InChI=1S/C19H22ClNO3S/c1-3-18(25-17-9-7-14(20)8-10-17)19(22)21-11-12-24-16-6-4-5-15(13-16)23-2/h4-10,13,18H,3,11-12H2,1-2H3,(H,21,22)/t18-/m1/s1. The van der Waals surface area contributed by atoms with Crippen molar-refractivity contribution in [2.75, 3.05) is 20.3 Å². The largest absolute Gasteiger partial charge is 0.497 e. The smallest absolute Gasteiger partial charge is 0.233 e. The fraction of sp³-hybridized carbons (Fsp3) is 0.316. The van der Waals surface area contributed by atoms with E-state index in [1.165, 1.54) is 11.8 Å². The summed E-state index contributed by atoms with van der Waals surface area (Å²) in [6.45, 7) is 2.86. The highest BCUT2D eigenvalue weighted by Gasteiger charge is 2.17. The second kappa shape index (κ2) is 10.2. The van der Waals surface area contributed by atoms with Gasteiger partial charge < -0.3 is 14.8 Å². The number of amides is 1. The lowest BCUT2D eigenvalue weighted by atomic mass is 10.3. The van der Waals surface area contributed by atoms with Crippen LogP contribution in [0.15, 0.2) is 53.4 Å². The van der Waals surface area contributed by atoms with Crippen LogP contribution in [0.1, 0.15) is 13.3 Å². The highest BCUT2D eigenvalue weighted by molar-refractivity contribution is 8.00. The molecule has 0 saturated heterocycles. The van der Waals surface area contributed by atoms with E-state index in [9.17, 15) is 4.79 Å². The van der Waals surface area contributed by atoms with Gasteiger partial charge in [0, 0.05) is 16.0 Å². The maximum Gasteiger partial charge on any atom is 0.233 e. The number of hydrogen-bond acceptors (Lipinski definition) is 4. The minimum Gasteiger partial charge on any atom is -0.497 e. The van der Waals surface area contributed by atoms with Gasteiger partial charge in [0.25, 0.3) is 0 Å². The molecule has 0 aromatic heterocycles. The molecule has 0 spiro atoms. The van der Waals surface area contributed by atoms with Gasteiger partial charge in [-0.05, 0) is 42.8 Å². The second-order valence-electron chi connectivity index (χ2n) is 5.29. The van der Waals surface area contributed by atoms with Gasteiger partial charge in [-0.1, -0.05) is 24.6 Å². The number of methoxy groups -OCH3 is 1. The molecule has 0 heterocycles. The first kappa shape index (κ1) is 19.5. The average molecular weight is 380 g/mol. The van der Waals surface area contributed by atoms with E-state index in [1.807, 2.05) is 55.5 Å². The lowest BCUT2D eigenvalue weighted by molar-refractivity contribution is -0.120. The molecule has 0 aliphatic carbocycles. The van der Waals surface area contributed by atoms with Gasteiger partial charge in [0.2, 0.25) is 5.91 Å². The molecule has 0 aliphatic heterocycles. The van der Waals surface area contributed by atoms with E-state index in [0.29, 0.717) is 18.2 Å². The fourth-order valence-corrected chi connectivity index (χ4v) is 3.25. The van der Waals surface area contributed by atoms with Crippen molar-refractivity contribution in [3.05, 3.63) is 53.6 Å². The van der Waals surface area contributed by atoms with Crippen LogP contribution in [0.2, 0.25) is 5.02 Å². The predicted molar refractivity (Wildman–Crippen MR) is 103 cm³/mol. The van der Waals surface area contributed by atoms with Crippen molar-refractivity contribution in [3.8, 4) is 11.5 Å². The summed E-state index contributed by atoms with van der Waals surface area (Å²) in [5.41, 5.74) is 0. The van der Waals surface area contributed by atoms with Crippen LogP contribution in [0.25, 0.3) is 0 Å². The van der Waals surface area contributed by atoms with Gasteiger partial charge in [0.1, 0.15) is 18.1 Å². The Balaban J connectivity index is 1.76. The van der Waals surface area contributed by atoms with Crippen LogP contribution in [0.5, 0.6) is 11.5 Å². The maximum atomic E-state index is 12.3. The van der Waals surface area contributed by atoms with Crippen molar-refractivity contribution in [3.63, 3.8) is 0 Å². The molecule has 25 heavy (non-hydrogen) atoms.